The van der Waals surface area contributed by atoms with E-state index in [1.165, 1.54) is 17.0 Å². The van der Waals surface area contributed by atoms with Gasteiger partial charge in [0.15, 0.2) is 5.96 Å². The largest absolute Gasteiger partial charge is 0.489 e. The number of ether oxygens (including phenoxy) is 1. The summed E-state index contributed by atoms with van der Waals surface area (Å²) in [6.45, 7) is 5.72. The van der Waals surface area contributed by atoms with Crippen molar-refractivity contribution >= 4 is 41.3 Å². The second kappa shape index (κ2) is 11.8. The summed E-state index contributed by atoms with van der Waals surface area (Å²) in [6, 6.07) is 14.2. The quantitative estimate of drug-likeness (QED) is 0.253. The summed E-state index contributed by atoms with van der Waals surface area (Å²) < 4.78 is 18.9. The molecule has 8 heteroatoms. The van der Waals surface area contributed by atoms with Crippen LogP contribution in [0.25, 0.3) is 0 Å². The third-order valence-corrected chi connectivity index (χ3v) is 5.45. The molecule has 0 saturated heterocycles. The average molecular weight is 540 g/mol. The normalized spacial score (nSPS) is 11.0. The summed E-state index contributed by atoms with van der Waals surface area (Å²) in [4.78, 5) is 10.0. The van der Waals surface area contributed by atoms with Crippen molar-refractivity contribution < 1.29 is 9.13 Å². The third-order valence-electron chi connectivity index (χ3n) is 4.38. The van der Waals surface area contributed by atoms with Crippen LogP contribution in [-0.2, 0) is 19.7 Å². The maximum absolute atomic E-state index is 13.2. The Hall–Kier alpha value is -2.20. The molecule has 0 saturated carbocycles. The first-order valence-electron chi connectivity index (χ1n) is 9.37. The standard InChI is InChI=1S/C22H25FN4OS.HI/c1-15-16(2)29-21(27-15)13-26-22(24-3)25-12-17-7-9-20(10-8-17)28-14-18-5-4-6-19(23)11-18;/h4-11H,12-14H2,1-3H3,(H2,24,25,26);1H. The minimum atomic E-state index is -0.255. The molecule has 0 unspecified atom stereocenters. The SMILES string of the molecule is CN=C(NCc1ccc(OCc2cccc(F)c2)cc1)NCc1nc(C)c(C)s1.I. The second-order valence-corrected chi connectivity index (χ2v) is 7.88. The first-order valence-corrected chi connectivity index (χ1v) is 10.2. The van der Waals surface area contributed by atoms with Gasteiger partial charge in [0.1, 0.15) is 23.2 Å². The average Bonchev–Trinajstić information content (AvgIpc) is 3.05. The van der Waals surface area contributed by atoms with Crippen LogP contribution in [-0.4, -0.2) is 18.0 Å². The fourth-order valence-electron chi connectivity index (χ4n) is 2.68. The van der Waals surface area contributed by atoms with Crippen LogP contribution in [0.4, 0.5) is 4.39 Å². The molecule has 0 amide bonds. The lowest BCUT2D eigenvalue weighted by Crippen LogP contribution is -2.36. The minimum Gasteiger partial charge on any atom is -0.489 e. The van der Waals surface area contributed by atoms with Crippen molar-refractivity contribution in [2.45, 2.75) is 33.5 Å². The van der Waals surface area contributed by atoms with Gasteiger partial charge in [-0.3, -0.25) is 4.99 Å². The van der Waals surface area contributed by atoms with Crippen LogP contribution in [0.15, 0.2) is 53.5 Å². The first-order chi connectivity index (χ1) is 14.0. The summed E-state index contributed by atoms with van der Waals surface area (Å²) in [5, 5.41) is 7.62. The van der Waals surface area contributed by atoms with E-state index in [9.17, 15) is 4.39 Å². The van der Waals surface area contributed by atoms with Crippen molar-refractivity contribution in [3.63, 3.8) is 0 Å². The van der Waals surface area contributed by atoms with E-state index in [2.05, 4.69) is 27.5 Å². The van der Waals surface area contributed by atoms with Gasteiger partial charge in [-0.25, -0.2) is 9.37 Å². The molecule has 3 rings (SSSR count). The molecule has 3 aromatic rings. The Balaban J connectivity index is 0.00000320. The molecule has 0 fully saturated rings. The Bertz CT molecular complexity index is 956. The molecule has 0 spiro atoms. The van der Waals surface area contributed by atoms with E-state index in [4.69, 9.17) is 4.74 Å². The Morgan fingerprint density at radius 1 is 1.07 bits per heavy atom. The predicted octanol–water partition coefficient (Wildman–Crippen LogP) is 4.96. The number of rotatable bonds is 7. The van der Waals surface area contributed by atoms with E-state index in [0.717, 1.165) is 33.5 Å². The van der Waals surface area contributed by atoms with Gasteiger partial charge in [0, 0.05) is 18.5 Å². The molecule has 160 valence electrons. The van der Waals surface area contributed by atoms with E-state index in [0.29, 0.717) is 19.7 Å². The minimum absolute atomic E-state index is 0. The van der Waals surface area contributed by atoms with Gasteiger partial charge in [0.25, 0.3) is 0 Å². The van der Waals surface area contributed by atoms with Gasteiger partial charge in [-0.05, 0) is 49.2 Å². The molecule has 1 heterocycles. The zero-order chi connectivity index (χ0) is 20.6. The molecular weight excluding hydrogens is 514 g/mol. The number of hydrogen-bond donors (Lipinski definition) is 2. The van der Waals surface area contributed by atoms with E-state index in [1.807, 2.05) is 37.3 Å². The fraction of sp³-hybridized carbons (Fsp3) is 0.273. The number of benzene rings is 2. The Morgan fingerprint density at radius 2 is 1.80 bits per heavy atom. The second-order valence-electron chi connectivity index (χ2n) is 6.59. The van der Waals surface area contributed by atoms with Crippen LogP contribution in [0.3, 0.4) is 0 Å². The highest BCUT2D eigenvalue weighted by atomic mass is 127. The van der Waals surface area contributed by atoms with Gasteiger partial charge in [-0.1, -0.05) is 24.3 Å². The summed E-state index contributed by atoms with van der Waals surface area (Å²) in [7, 11) is 1.75. The van der Waals surface area contributed by atoms with E-state index < -0.39 is 0 Å². The zero-order valence-corrected chi connectivity index (χ0v) is 20.4. The van der Waals surface area contributed by atoms with Crippen LogP contribution in [0, 0.1) is 19.7 Å². The van der Waals surface area contributed by atoms with E-state index >= 15 is 0 Å². The van der Waals surface area contributed by atoms with Gasteiger partial charge in [0.2, 0.25) is 0 Å². The fourth-order valence-corrected chi connectivity index (χ4v) is 3.55. The Morgan fingerprint density at radius 3 is 2.43 bits per heavy atom. The summed E-state index contributed by atoms with van der Waals surface area (Å²) in [5.41, 5.74) is 2.98. The van der Waals surface area contributed by atoms with Gasteiger partial charge in [-0.15, -0.1) is 35.3 Å². The molecule has 0 radical (unpaired) electrons. The van der Waals surface area contributed by atoms with Crippen molar-refractivity contribution in [1.82, 2.24) is 15.6 Å². The lowest BCUT2D eigenvalue weighted by atomic mass is 10.2. The molecule has 30 heavy (non-hydrogen) atoms. The van der Waals surface area contributed by atoms with Gasteiger partial charge in [-0.2, -0.15) is 0 Å². The lowest BCUT2D eigenvalue weighted by Gasteiger charge is -2.12. The molecular formula is C22H26FIN4OS. The number of hydrogen-bond acceptors (Lipinski definition) is 4. The lowest BCUT2D eigenvalue weighted by molar-refractivity contribution is 0.305. The van der Waals surface area contributed by atoms with Crippen LogP contribution < -0.4 is 15.4 Å². The third kappa shape index (κ3) is 7.24. The zero-order valence-electron chi connectivity index (χ0n) is 17.2. The number of aliphatic imine (C=N–C) groups is 1. The summed E-state index contributed by atoms with van der Waals surface area (Å²) >= 11 is 1.70. The van der Waals surface area contributed by atoms with Crippen molar-refractivity contribution in [3.8, 4) is 5.75 Å². The maximum Gasteiger partial charge on any atom is 0.191 e. The number of aromatic nitrogens is 1. The smallest absolute Gasteiger partial charge is 0.191 e. The summed E-state index contributed by atoms with van der Waals surface area (Å²) in [5.74, 6) is 1.21. The summed E-state index contributed by atoms with van der Waals surface area (Å²) in [6.07, 6.45) is 0. The highest BCUT2D eigenvalue weighted by Gasteiger charge is 2.05. The monoisotopic (exact) mass is 540 g/mol. The van der Waals surface area contributed by atoms with Gasteiger partial charge >= 0.3 is 0 Å². The molecule has 2 N–H and O–H groups in total. The molecule has 0 aliphatic carbocycles. The van der Waals surface area contributed by atoms with Crippen molar-refractivity contribution in [3.05, 3.63) is 81.1 Å². The number of nitrogens with one attached hydrogen (secondary N) is 2. The molecule has 5 nitrogen and oxygen atoms in total. The predicted molar refractivity (Wildman–Crippen MR) is 131 cm³/mol. The highest BCUT2D eigenvalue weighted by Crippen LogP contribution is 2.16. The van der Waals surface area contributed by atoms with E-state index in [-0.39, 0.29) is 29.8 Å². The molecule has 0 aliphatic rings. The van der Waals surface area contributed by atoms with Gasteiger partial charge in [0.05, 0.1) is 12.2 Å². The van der Waals surface area contributed by atoms with Gasteiger partial charge < -0.3 is 15.4 Å². The molecule has 0 bridgehead atoms. The van der Waals surface area contributed by atoms with Crippen LogP contribution in [0.5, 0.6) is 5.75 Å². The molecule has 1 aromatic heterocycles. The van der Waals surface area contributed by atoms with Crippen LogP contribution in [0.2, 0.25) is 0 Å². The van der Waals surface area contributed by atoms with E-state index in [1.54, 1.807) is 24.5 Å². The molecule has 2 aromatic carbocycles. The Labute approximate surface area is 197 Å². The number of nitrogens with zero attached hydrogens (tertiary/aromatic N) is 2. The number of thiazole rings is 1. The van der Waals surface area contributed by atoms with Crippen molar-refractivity contribution in [2.75, 3.05) is 7.05 Å². The van der Waals surface area contributed by atoms with Crippen molar-refractivity contribution in [2.24, 2.45) is 4.99 Å². The number of aryl methyl sites for hydroxylation is 2. The topological polar surface area (TPSA) is 58.5 Å². The van der Waals surface area contributed by atoms with Crippen LogP contribution in [0.1, 0.15) is 26.7 Å². The molecule has 0 aliphatic heterocycles. The number of halogens is 2. The Kier molecular flexibility index (Phi) is 9.51. The molecule has 0 atom stereocenters. The number of guanidine groups is 1. The van der Waals surface area contributed by atoms with Crippen molar-refractivity contribution in [1.29, 1.82) is 0 Å². The highest BCUT2D eigenvalue weighted by molar-refractivity contribution is 14.0. The van der Waals surface area contributed by atoms with Crippen LogP contribution >= 0.6 is 35.3 Å². The maximum atomic E-state index is 13.2. The first kappa shape index (κ1) is 24.1.